The highest BCUT2D eigenvalue weighted by Gasteiger charge is 2.22. The molecule has 0 atom stereocenters. The average molecular weight is 564 g/mol. The Labute approximate surface area is 228 Å². The molecule has 2 aromatic carbocycles. The SMILES string of the molecule is C=Nc1cc2sc1C(=NC)c1cc(F)cc(c1)CNC(=O)c1cccc(c1)S(=O)(=O)Nc1cc-2cnc1OC. The molecule has 12 heteroatoms. The van der Waals surface area contributed by atoms with Crippen LogP contribution in [0.2, 0.25) is 0 Å². The minimum atomic E-state index is -4.13. The molecule has 0 saturated heterocycles. The third kappa shape index (κ3) is 5.16. The van der Waals surface area contributed by atoms with Crippen LogP contribution in [0.5, 0.6) is 5.88 Å². The number of methoxy groups -OCH3 is 1. The summed E-state index contributed by atoms with van der Waals surface area (Å²) in [6.07, 6.45) is 1.55. The van der Waals surface area contributed by atoms with Crippen molar-refractivity contribution in [3.8, 4) is 16.3 Å². The molecule has 2 aromatic heterocycles. The number of thiophene rings is 1. The predicted molar refractivity (Wildman–Crippen MR) is 150 cm³/mol. The number of carbonyl (C=O) groups is 1. The van der Waals surface area contributed by atoms with Crippen LogP contribution in [-0.2, 0) is 16.6 Å². The van der Waals surface area contributed by atoms with Crippen LogP contribution in [0.15, 0.2) is 75.7 Å². The third-order valence-electron chi connectivity index (χ3n) is 5.99. The first-order chi connectivity index (χ1) is 18.7. The lowest BCUT2D eigenvalue weighted by molar-refractivity contribution is 0.0950. The van der Waals surface area contributed by atoms with Crippen LogP contribution in [0.1, 0.15) is 26.4 Å². The van der Waals surface area contributed by atoms with Gasteiger partial charge in [-0.25, -0.2) is 17.8 Å². The number of nitrogens with one attached hydrogen (secondary N) is 2. The molecule has 0 fully saturated rings. The second kappa shape index (κ2) is 10.4. The summed E-state index contributed by atoms with van der Waals surface area (Å²) in [7, 11) is -1.16. The molecule has 198 valence electrons. The van der Waals surface area contributed by atoms with Gasteiger partial charge in [0.05, 0.1) is 28.3 Å². The molecule has 39 heavy (non-hydrogen) atoms. The van der Waals surface area contributed by atoms with Gasteiger partial charge in [-0.2, -0.15) is 0 Å². The second-order valence-electron chi connectivity index (χ2n) is 8.50. The number of anilines is 1. The highest BCUT2D eigenvalue weighted by atomic mass is 32.2. The Kier molecular flexibility index (Phi) is 6.98. The van der Waals surface area contributed by atoms with Gasteiger partial charge < -0.3 is 10.1 Å². The van der Waals surface area contributed by atoms with E-state index in [9.17, 15) is 17.6 Å². The zero-order valence-corrected chi connectivity index (χ0v) is 22.5. The molecule has 4 aromatic rings. The van der Waals surface area contributed by atoms with Gasteiger partial charge in [0.15, 0.2) is 0 Å². The largest absolute Gasteiger partial charge is 0.480 e. The standard InChI is InChI=1S/C27H22FN5O4S2/c1-29-21-12-23-18-11-22(27(37-3)32-14-18)33-39(35,36)20-6-4-5-16(10-20)26(34)31-13-15-7-17(9-19(28)8-15)24(30-2)25(21)38-23/h4-12,14,33H,1,13H2,2-3H3,(H,31,34). The van der Waals surface area contributed by atoms with Gasteiger partial charge in [-0.1, -0.05) is 6.07 Å². The summed E-state index contributed by atoms with van der Waals surface area (Å²) in [6.45, 7) is 3.68. The lowest BCUT2D eigenvalue weighted by Gasteiger charge is -2.13. The number of nitrogens with zero attached hydrogens (tertiary/aromatic N) is 3. The quantitative estimate of drug-likeness (QED) is 0.339. The Morgan fingerprint density at radius 1 is 1.10 bits per heavy atom. The topological polar surface area (TPSA) is 122 Å². The number of fused-ring (bicyclic) bond motifs is 9. The van der Waals surface area contributed by atoms with Crippen molar-refractivity contribution in [2.45, 2.75) is 11.4 Å². The number of hydrogen-bond acceptors (Lipinski definition) is 8. The van der Waals surface area contributed by atoms with E-state index in [1.807, 2.05) is 0 Å². The summed E-state index contributed by atoms with van der Waals surface area (Å²) in [5, 5.41) is 2.72. The number of rotatable bonds is 2. The van der Waals surface area contributed by atoms with Gasteiger partial charge in [0.1, 0.15) is 11.5 Å². The van der Waals surface area contributed by atoms with Crippen molar-refractivity contribution in [2.24, 2.45) is 9.98 Å². The van der Waals surface area contributed by atoms with Crippen LogP contribution in [-0.4, -0.2) is 45.9 Å². The van der Waals surface area contributed by atoms with Crippen molar-refractivity contribution in [1.29, 1.82) is 0 Å². The molecular formula is C27H22FN5O4S2. The van der Waals surface area contributed by atoms with Gasteiger partial charge in [0.2, 0.25) is 5.88 Å². The van der Waals surface area contributed by atoms with Gasteiger partial charge in [-0.15, -0.1) is 11.3 Å². The predicted octanol–water partition coefficient (Wildman–Crippen LogP) is 4.80. The first-order valence-corrected chi connectivity index (χ1v) is 13.9. The summed E-state index contributed by atoms with van der Waals surface area (Å²) >= 11 is 1.32. The summed E-state index contributed by atoms with van der Waals surface area (Å²) in [5.74, 6) is -0.960. The van der Waals surface area contributed by atoms with E-state index in [0.717, 1.165) is 0 Å². The molecule has 0 unspecified atom stereocenters. The normalized spacial score (nSPS) is 15.5. The van der Waals surface area contributed by atoms with Crippen molar-refractivity contribution in [1.82, 2.24) is 10.3 Å². The van der Waals surface area contributed by atoms with Crippen LogP contribution in [0.3, 0.4) is 0 Å². The molecule has 0 radical (unpaired) electrons. The van der Waals surface area contributed by atoms with Gasteiger partial charge in [0.25, 0.3) is 15.9 Å². The van der Waals surface area contributed by atoms with E-state index in [1.54, 1.807) is 31.4 Å². The van der Waals surface area contributed by atoms with E-state index >= 15 is 0 Å². The Bertz CT molecular complexity index is 1770. The Morgan fingerprint density at radius 2 is 1.92 bits per heavy atom. The maximum Gasteiger partial charge on any atom is 0.262 e. The number of carbonyl (C=O) groups excluding carboxylic acids is 1. The number of ether oxygens (including phenoxy) is 1. The first-order valence-electron chi connectivity index (χ1n) is 11.6. The summed E-state index contributed by atoms with van der Waals surface area (Å²) in [5.41, 5.74) is 2.81. The molecule has 0 aliphatic carbocycles. The fraction of sp³-hybridized carbons (Fsp3) is 0.111. The second-order valence-corrected chi connectivity index (χ2v) is 11.2. The van der Waals surface area contributed by atoms with Crippen LogP contribution >= 0.6 is 11.3 Å². The number of hydrogen-bond donors (Lipinski definition) is 2. The highest BCUT2D eigenvalue weighted by molar-refractivity contribution is 7.92. The van der Waals surface area contributed by atoms with E-state index in [2.05, 4.69) is 31.7 Å². The first kappa shape index (κ1) is 26.2. The summed E-state index contributed by atoms with van der Waals surface area (Å²) < 4.78 is 49.1. The van der Waals surface area contributed by atoms with Gasteiger partial charge in [-0.3, -0.25) is 19.5 Å². The Balaban J connectivity index is 1.74. The van der Waals surface area contributed by atoms with E-state index < -0.39 is 21.7 Å². The minimum absolute atomic E-state index is 0.00546. The lowest BCUT2D eigenvalue weighted by Crippen LogP contribution is -2.23. The van der Waals surface area contributed by atoms with E-state index in [4.69, 9.17) is 4.74 Å². The van der Waals surface area contributed by atoms with Crippen molar-refractivity contribution in [2.75, 3.05) is 18.9 Å². The fourth-order valence-corrected chi connectivity index (χ4v) is 6.42. The number of halogens is 1. The van der Waals surface area contributed by atoms with Crippen LogP contribution in [0.25, 0.3) is 10.4 Å². The van der Waals surface area contributed by atoms with Gasteiger partial charge >= 0.3 is 0 Å². The van der Waals surface area contributed by atoms with Crippen molar-refractivity contribution < 1.29 is 22.3 Å². The zero-order chi connectivity index (χ0) is 27.7. The van der Waals surface area contributed by atoms with Crippen LogP contribution in [0, 0.1) is 5.82 Å². The molecule has 8 bridgehead atoms. The maximum atomic E-state index is 14.7. The molecule has 5 rings (SSSR count). The Hall–Kier alpha value is -4.42. The van der Waals surface area contributed by atoms with Gasteiger partial charge in [-0.05, 0) is 60.8 Å². The molecule has 1 aliphatic heterocycles. The van der Waals surface area contributed by atoms with Crippen molar-refractivity contribution in [3.63, 3.8) is 0 Å². The molecule has 3 heterocycles. The van der Waals surface area contributed by atoms with Crippen LogP contribution in [0.4, 0.5) is 15.8 Å². The fourth-order valence-electron chi connectivity index (χ4n) is 4.18. The number of amides is 1. The summed E-state index contributed by atoms with van der Waals surface area (Å²) in [6, 6.07) is 13.4. The van der Waals surface area contributed by atoms with Crippen molar-refractivity contribution in [3.05, 3.63) is 88.2 Å². The molecular weight excluding hydrogens is 541 g/mol. The monoisotopic (exact) mass is 563 g/mol. The molecule has 0 spiro atoms. The lowest BCUT2D eigenvalue weighted by atomic mass is 10.0. The van der Waals surface area contributed by atoms with Gasteiger partial charge in [0, 0.05) is 41.4 Å². The number of pyridine rings is 1. The van der Waals surface area contributed by atoms with Crippen LogP contribution < -0.4 is 14.8 Å². The number of aliphatic imine (C=N–C) groups is 2. The Morgan fingerprint density at radius 3 is 2.67 bits per heavy atom. The number of sulfonamides is 1. The molecule has 0 saturated carbocycles. The van der Waals surface area contributed by atoms with Crippen molar-refractivity contribution >= 4 is 51.1 Å². The average Bonchev–Trinajstić information content (AvgIpc) is 3.35. The van der Waals surface area contributed by atoms with E-state index in [-0.39, 0.29) is 28.6 Å². The highest BCUT2D eigenvalue weighted by Crippen LogP contribution is 2.40. The third-order valence-corrected chi connectivity index (χ3v) is 8.53. The number of aromatic nitrogens is 1. The summed E-state index contributed by atoms with van der Waals surface area (Å²) in [4.78, 5) is 27.0. The molecule has 1 amide bonds. The number of benzene rings is 2. The smallest absolute Gasteiger partial charge is 0.262 e. The molecule has 1 aliphatic rings. The zero-order valence-electron chi connectivity index (χ0n) is 20.9. The molecule has 2 N–H and O–H groups in total. The molecule has 9 nitrogen and oxygen atoms in total. The maximum absolute atomic E-state index is 14.7. The van der Waals surface area contributed by atoms with E-state index in [1.165, 1.54) is 54.8 Å². The van der Waals surface area contributed by atoms with E-state index in [0.29, 0.717) is 37.8 Å². The minimum Gasteiger partial charge on any atom is -0.480 e.